The Morgan fingerprint density at radius 2 is 1.77 bits per heavy atom. The summed E-state index contributed by atoms with van der Waals surface area (Å²) in [6, 6.07) is 19.8. The van der Waals surface area contributed by atoms with Crippen LogP contribution in [0.3, 0.4) is 0 Å². The van der Waals surface area contributed by atoms with Gasteiger partial charge < -0.3 is 14.3 Å². The molecular formula is C27H28O4. The Balaban J connectivity index is 1.71. The van der Waals surface area contributed by atoms with Gasteiger partial charge in [0.1, 0.15) is 23.7 Å². The van der Waals surface area contributed by atoms with E-state index in [2.05, 4.69) is 24.3 Å². The second-order valence-corrected chi connectivity index (χ2v) is 8.23. The number of aryl methyl sites for hydroxylation is 1. The second-order valence-electron chi connectivity index (χ2n) is 8.23. The lowest BCUT2D eigenvalue weighted by molar-refractivity contribution is 0.284. The molecule has 0 saturated carbocycles. The van der Waals surface area contributed by atoms with Crippen LogP contribution in [-0.2, 0) is 13.0 Å². The summed E-state index contributed by atoms with van der Waals surface area (Å²) >= 11 is 0. The van der Waals surface area contributed by atoms with Gasteiger partial charge in [-0.2, -0.15) is 0 Å². The first-order chi connectivity index (χ1) is 15.1. The Bertz CT molecular complexity index is 1250. The van der Waals surface area contributed by atoms with Gasteiger partial charge in [-0.3, -0.25) is 4.79 Å². The lowest BCUT2D eigenvalue weighted by Gasteiger charge is -2.13. The normalized spacial score (nSPS) is 11.5. The van der Waals surface area contributed by atoms with Crippen molar-refractivity contribution in [2.24, 2.45) is 0 Å². The highest BCUT2D eigenvalue weighted by Crippen LogP contribution is 2.28. The van der Waals surface area contributed by atoms with Gasteiger partial charge >= 0.3 is 0 Å². The minimum atomic E-state index is -0.0236. The number of aliphatic hydroxyl groups is 1. The van der Waals surface area contributed by atoms with E-state index in [1.807, 2.05) is 44.2 Å². The molecule has 0 radical (unpaired) electrons. The SMILES string of the molecule is CC(C)c1cc(=O)c2c(CCCCO)cc(OCc3cccc4ccccc34)cc2o1. The molecule has 1 N–H and O–H groups in total. The fourth-order valence-corrected chi connectivity index (χ4v) is 3.93. The molecular weight excluding hydrogens is 388 g/mol. The highest BCUT2D eigenvalue weighted by atomic mass is 16.5. The average Bonchev–Trinajstić information content (AvgIpc) is 2.77. The topological polar surface area (TPSA) is 59.7 Å². The first kappa shape index (κ1) is 21.1. The molecule has 0 fully saturated rings. The van der Waals surface area contributed by atoms with Crippen molar-refractivity contribution in [3.63, 3.8) is 0 Å². The number of aliphatic hydroxyl groups excluding tert-OH is 1. The zero-order chi connectivity index (χ0) is 21.8. The number of fused-ring (bicyclic) bond motifs is 2. The second kappa shape index (κ2) is 9.36. The highest BCUT2D eigenvalue weighted by molar-refractivity contribution is 5.85. The molecule has 0 aliphatic rings. The Morgan fingerprint density at radius 1 is 0.968 bits per heavy atom. The van der Waals surface area contributed by atoms with Crippen LogP contribution in [0.5, 0.6) is 5.75 Å². The molecule has 1 aromatic heterocycles. The average molecular weight is 417 g/mol. The Hall–Kier alpha value is -3.11. The van der Waals surface area contributed by atoms with Crippen LogP contribution in [0.25, 0.3) is 21.7 Å². The maximum Gasteiger partial charge on any atom is 0.193 e. The molecule has 4 rings (SSSR count). The van der Waals surface area contributed by atoms with E-state index in [4.69, 9.17) is 14.3 Å². The molecule has 0 aliphatic heterocycles. The van der Waals surface area contributed by atoms with Crippen molar-refractivity contribution in [1.29, 1.82) is 0 Å². The van der Waals surface area contributed by atoms with Crippen molar-refractivity contribution in [2.75, 3.05) is 6.61 Å². The molecule has 3 aromatic carbocycles. The molecule has 0 bridgehead atoms. The first-order valence-electron chi connectivity index (χ1n) is 10.9. The van der Waals surface area contributed by atoms with Crippen LogP contribution < -0.4 is 10.2 Å². The van der Waals surface area contributed by atoms with E-state index in [1.165, 1.54) is 10.8 Å². The number of benzene rings is 3. The van der Waals surface area contributed by atoms with E-state index in [0.717, 1.165) is 17.5 Å². The van der Waals surface area contributed by atoms with Gasteiger partial charge in [0.15, 0.2) is 5.43 Å². The van der Waals surface area contributed by atoms with Crippen molar-refractivity contribution in [1.82, 2.24) is 0 Å². The summed E-state index contributed by atoms with van der Waals surface area (Å²) < 4.78 is 12.3. The van der Waals surface area contributed by atoms with Crippen molar-refractivity contribution in [3.8, 4) is 5.75 Å². The van der Waals surface area contributed by atoms with E-state index < -0.39 is 0 Å². The van der Waals surface area contributed by atoms with Gasteiger partial charge in [0.2, 0.25) is 0 Å². The van der Waals surface area contributed by atoms with Crippen LogP contribution in [0.2, 0.25) is 0 Å². The largest absolute Gasteiger partial charge is 0.489 e. The standard InChI is InChI=1S/C27H28O4/c1-18(2)25-16-24(29)27-20(9-5-6-13-28)14-22(15-26(27)31-25)30-17-21-11-7-10-19-8-3-4-12-23(19)21/h3-4,7-8,10-12,14-16,18,28H,5-6,9,13,17H2,1-2H3. The summed E-state index contributed by atoms with van der Waals surface area (Å²) in [5.41, 5.74) is 2.55. The number of unbranched alkanes of at least 4 members (excludes halogenated alkanes) is 1. The van der Waals surface area contributed by atoms with Crippen molar-refractivity contribution < 1.29 is 14.3 Å². The molecule has 4 aromatic rings. The summed E-state index contributed by atoms with van der Waals surface area (Å²) in [7, 11) is 0. The summed E-state index contributed by atoms with van der Waals surface area (Å²) in [5, 5.41) is 12.1. The van der Waals surface area contributed by atoms with Crippen LogP contribution in [0, 0.1) is 0 Å². The summed E-state index contributed by atoms with van der Waals surface area (Å²) in [5.74, 6) is 1.48. The summed E-state index contributed by atoms with van der Waals surface area (Å²) in [6.45, 7) is 4.58. The third-order valence-electron chi connectivity index (χ3n) is 5.60. The molecule has 0 aliphatic carbocycles. The smallest absolute Gasteiger partial charge is 0.193 e. The first-order valence-corrected chi connectivity index (χ1v) is 10.9. The Labute approximate surface area is 182 Å². The number of ether oxygens (including phenoxy) is 1. The summed E-state index contributed by atoms with van der Waals surface area (Å²) in [4.78, 5) is 12.8. The predicted octanol–water partition coefficient (Wildman–Crippen LogP) is 5.96. The van der Waals surface area contributed by atoms with Crippen molar-refractivity contribution in [2.45, 2.75) is 45.6 Å². The fraction of sp³-hybridized carbons (Fsp3) is 0.296. The van der Waals surface area contributed by atoms with E-state index in [-0.39, 0.29) is 18.0 Å². The van der Waals surface area contributed by atoms with Gasteiger partial charge in [-0.1, -0.05) is 56.3 Å². The molecule has 0 unspecified atom stereocenters. The van der Waals surface area contributed by atoms with Crippen LogP contribution in [-0.4, -0.2) is 11.7 Å². The molecule has 0 saturated heterocycles. The quantitative estimate of drug-likeness (QED) is 0.360. The van der Waals surface area contributed by atoms with E-state index in [0.29, 0.717) is 41.9 Å². The molecule has 4 nitrogen and oxygen atoms in total. The van der Waals surface area contributed by atoms with Crippen LogP contribution in [0.15, 0.2) is 69.9 Å². The van der Waals surface area contributed by atoms with E-state index in [9.17, 15) is 4.79 Å². The van der Waals surface area contributed by atoms with Crippen LogP contribution in [0.1, 0.15) is 49.5 Å². The molecule has 1 heterocycles. The van der Waals surface area contributed by atoms with Gasteiger partial charge in [-0.05, 0) is 47.2 Å². The lowest BCUT2D eigenvalue weighted by atomic mass is 10.0. The number of hydrogen-bond donors (Lipinski definition) is 1. The molecule has 31 heavy (non-hydrogen) atoms. The van der Waals surface area contributed by atoms with Crippen molar-refractivity contribution in [3.05, 3.63) is 87.8 Å². The van der Waals surface area contributed by atoms with E-state index >= 15 is 0 Å². The van der Waals surface area contributed by atoms with Gasteiger partial charge in [-0.25, -0.2) is 0 Å². The fourth-order valence-electron chi connectivity index (χ4n) is 3.93. The Kier molecular flexibility index (Phi) is 6.38. The highest BCUT2D eigenvalue weighted by Gasteiger charge is 2.14. The molecule has 4 heteroatoms. The molecule has 160 valence electrons. The van der Waals surface area contributed by atoms with Gasteiger partial charge in [0.25, 0.3) is 0 Å². The van der Waals surface area contributed by atoms with Gasteiger partial charge in [-0.15, -0.1) is 0 Å². The zero-order valence-electron chi connectivity index (χ0n) is 18.1. The van der Waals surface area contributed by atoms with E-state index in [1.54, 1.807) is 6.07 Å². The summed E-state index contributed by atoms with van der Waals surface area (Å²) in [6.07, 6.45) is 2.18. The van der Waals surface area contributed by atoms with Gasteiger partial charge in [0.05, 0.1) is 5.39 Å². The molecule has 0 spiro atoms. The predicted molar refractivity (Wildman–Crippen MR) is 125 cm³/mol. The minimum absolute atomic E-state index is 0.0236. The Morgan fingerprint density at radius 3 is 2.58 bits per heavy atom. The lowest BCUT2D eigenvalue weighted by Crippen LogP contribution is -2.07. The third-order valence-corrected chi connectivity index (χ3v) is 5.60. The molecule has 0 amide bonds. The number of hydrogen-bond acceptors (Lipinski definition) is 4. The maximum absolute atomic E-state index is 12.8. The van der Waals surface area contributed by atoms with Crippen LogP contribution in [0.4, 0.5) is 0 Å². The monoisotopic (exact) mass is 416 g/mol. The maximum atomic E-state index is 12.8. The molecule has 0 atom stereocenters. The third kappa shape index (κ3) is 4.64. The van der Waals surface area contributed by atoms with Crippen LogP contribution >= 0.6 is 0 Å². The van der Waals surface area contributed by atoms with Crippen molar-refractivity contribution >= 4 is 21.7 Å². The minimum Gasteiger partial charge on any atom is -0.489 e. The number of rotatable bonds is 8. The zero-order valence-corrected chi connectivity index (χ0v) is 18.1. The van der Waals surface area contributed by atoms with Gasteiger partial charge in [0, 0.05) is 24.7 Å².